The number of aromatic nitrogens is 2. The minimum absolute atomic E-state index is 0.000181. The van der Waals surface area contributed by atoms with Crippen LogP contribution in [0.3, 0.4) is 0 Å². The summed E-state index contributed by atoms with van der Waals surface area (Å²) in [7, 11) is 0. The van der Waals surface area contributed by atoms with Gasteiger partial charge in [0.25, 0.3) is 5.56 Å². The molecular formula is C23H29N5O2. The van der Waals surface area contributed by atoms with Gasteiger partial charge in [0.1, 0.15) is 0 Å². The summed E-state index contributed by atoms with van der Waals surface area (Å²) in [6.45, 7) is 8.61. The Bertz CT molecular complexity index is 1020. The fraction of sp³-hybridized carbons (Fsp3) is 0.348. The Labute approximate surface area is 176 Å². The second-order valence-electron chi connectivity index (χ2n) is 7.40. The third-order valence-electron chi connectivity index (χ3n) is 4.64. The molecule has 0 saturated carbocycles. The maximum atomic E-state index is 11.8. The van der Waals surface area contributed by atoms with E-state index in [9.17, 15) is 4.79 Å². The van der Waals surface area contributed by atoms with Gasteiger partial charge < -0.3 is 19.7 Å². The molecule has 0 unspecified atom stereocenters. The minimum atomic E-state index is -0.000181. The fourth-order valence-corrected chi connectivity index (χ4v) is 2.91. The molecule has 0 saturated heterocycles. The summed E-state index contributed by atoms with van der Waals surface area (Å²) in [6, 6.07) is 15.3. The molecule has 0 atom stereocenters. The van der Waals surface area contributed by atoms with E-state index in [2.05, 4.69) is 34.6 Å². The van der Waals surface area contributed by atoms with Crippen molar-refractivity contribution in [1.29, 1.82) is 0 Å². The lowest BCUT2D eigenvalue weighted by molar-refractivity contribution is 0.372. The van der Waals surface area contributed by atoms with Crippen molar-refractivity contribution in [2.45, 2.75) is 46.3 Å². The Morgan fingerprint density at radius 3 is 2.57 bits per heavy atom. The Kier molecular flexibility index (Phi) is 7.43. The molecule has 3 rings (SSSR count). The van der Waals surface area contributed by atoms with Crippen LogP contribution in [0.2, 0.25) is 0 Å². The van der Waals surface area contributed by atoms with Crippen molar-refractivity contribution in [2.24, 2.45) is 4.99 Å². The highest BCUT2D eigenvalue weighted by Gasteiger charge is 2.08. The van der Waals surface area contributed by atoms with Crippen LogP contribution in [0, 0.1) is 0 Å². The lowest BCUT2D eigenvalue weighted by atomic mass is 10.1. The van der Waals surface area contributed by atoms with E-state index in [1.54, 1.807) is 22.9 Å². The summed E-state index contributed by atoms with van der Waals surface area (Å²) >= 11 is 0. The third kappa shape index (κ3) is 6.07. The number of aliphatic imine (C=N–C) groups is 1. The first-order chi connectivity index (χ1) is 14.5. The molecule has 7 heteroatoms. The van der Waals surface area contributed by atoms with Crippen LogP contribution in [0.5, 0.6) is 0 Å². The molecule has 158 valence electrons. The molecule has 2 heterocycles. The first-order valence-electron chi connectivity index (χ1n) is 10.3. The Morgan fingerprint density at radius 2 is 1.90 bits per heavy atom. The number of pyridine rings is 1. The molecule has 1 aromatic carbocycles. The molecule has 30 heavy (non-hydrogen) atoms. The van der Waals surface area contributed by atoms with Gasteiger partial charge in [-0.2, -0.15) is 0 Å². The van der Waals surface area contributed by atoms with Crippen LogP contribution in [0.4, 0.5) is 0 Å². The van der Waals surface area contributed by atoms with E-state index in [0.29, 0.717) is 25.6 Å². The van der Waals surface area contributed by atoms with Gasteiger partial charge in [0.2, 0.25) is 0 Å². The fourth-order valence-electron chi connectivity index (χ4n) is 2.91. The first kappa shape index (κ1) is 21.4. The molecule has 0 bridgehead atoms. The van der Waals surface area contributed by atoms with Crippen molar-refractivity contribution >= 4 is 5.96 Å². The number of nitrogens with one attached hydrogen (secondary N) is 2. The standard InChI is InChI=1S/C23H29N5O2/c1-4-24-23(26-15-20-13-21(17(2)3)27-30-20)25-14-18-8-10-19(11-9-18)16-28-12-6-5-7-22(28)29/h5-13,17H,4,14-16H2,1-3H3,(H2,24,25,26). The van der Waals surface area contributed by atoms with Crippen LogP contribution in [-0.4, -0.2) is 22.2 Å². The largest absolute Gasteiger partial charge is 0.359 e. The zero-order valence-corrected chi connectivity index (χ0v) is 17.8. The second kappa shape index (κ2) is 10.4. The molecule has 2 aromatic heterocycles. The molecule has 0 radical (unpaired) electrons. The SMILES string of the molecule is CCNC(=NCc1ccc(Cn2ccccc2=O)cc1)NCc1cc(C(C)C)no1. The number of hydrogen-bond donors (Lipinski definition) is 2. The van der Waals surface area contributed by atoms with E-state index >= 15 is 0 Å². The smallest absolute Gasteiger partial charge is 0.250 e. The summed E-state index contributed by atoms with van der Waals surface area (Å²) in [5.74, 6) is 1.85. The van der Waals surface area contributed by atoms with E-state index in [-0.39, 0.29) is 5.56 Å². The summed E-state index contributed by atoms with van der Waals surface area (Å²) in [5, 5.41) is 10.6. The van der Waals surface area contributed by atoms with Crippen molar-refractivity contribution < 1.29 is 4.52 Å². The highest BCUT2D eigenvalue weighted by Crippen LogP contribution is 2.13. The highest BCUT2D eigenvalue weighted by atomic mass is 16.5. The van der Waals surface area contributed by atoms with Crippen LogP contribution < -0.4 is 16.2 Å². The van der Waals surface area contributed by atoms with Gasteiger partial charge in [0, 0.05) is 24.9 Å². The quantitative estimate of drug-likeness (QED) is 0.442. The third-order valence-corrected chi connectivity index (χ3v) is 4.64. The van der Waals surface area contributed by atoms with Gasteiger partial charge in [0.15, 0.2) is 11.7 Å². The lowest BCUT2D eigenvalue weighted by Gasteiger charge is -2.10. The van der Waals surface area contributed by atoms with Gasteiger partial charge in [-0.25, -0.2) is 4.99 Å². The first-order valence-corrected chi connectivity index (χ1v) is 10.3. The summed E-state index contributed by atoms with van der Waals surface area (Å²) in [5.41, 5.74) is 3.12. The summed E-state index contributed by atoms with van der Waals surface area (Å²) in [6.07, 6.45) is 1.80. The normalized spacial score (nSPS) is 11.7. The van der Waals surface area contributed by atoms with E-state index in [1.165, 1.54) is 0 Å². The lowest BCUT2D eigenvalue weighted by Crippen LogP contribution is -2.36. The zero-order chi connectivity index (χ0) is 21.3. The molecule has 3 aromatic rings. The highest BCUT2D eigenvalue weighted by molar-refractivity contribution is 5.79. The summed E-state index contributed by atoms with van der Waals surface area (Å²) < 4.78 is 7.06. The molecular weight excluding hydrogens is 378 g/mol. The summed E-state index contributed by atoms with van der Waals surface area (Å²) in [4.78, 5) is 16.5. The van der Waals surface area contributed by atoms with Gasteiger partial charge in [-0.1, -0.05) is 49.3 Å². The van der Waals surface area contributed by atoms with Crippen LogP contribution in [0.15, 0.2) is 69.0 Å². The van der Waals surface area contributed by atoms with Crippen LogP contribution in [0.1, 0.15) is 49.3 Å². The second-order valence-corrected chi connectivity index (χ2v) is 7.40. The van der Waals surface area contributed by atoms with E-state index in [0.717, 1.165) is 35.1 Å². The van der Waals surface area contributed by atoms with Crippen molar-refractivity contribution in [3.8, 4) is 0 Å². The van der Waals surface area contributed by atoms with Crippen molar-refractivity contribution in [3.05, 3.63) is 87.7 Å². The molecule has 0 amide bonds. The Morgan fingerprint density at radius 1 is 1.13 bits per heavy atom. The minimum Gasteiger partial charge on any atom is -0.359 e. The van der Waals surface area contributed by atoms with Gasteiger partial charge in [-0.3, -0.25) is 4.79 Å². The molecule has 0 spiro atoms. The maximum Gasteiger partial charge on any atom is 0.250 e. The molecule has 2 N–H and O–H groups in total. The number of guanidine groups is 1. The molecule has 0 fully saturated rings. The van der Waals surface area contributed by atoms with Crippen molar-refractivity contribution in [3.63, 3.8) is 0 Å². The average molecular weight is 408 g/mol. The monoisotopic (exact) mass is 407 g/mol. The Hall–Kier alpha value is -3.35. The van der Waals surface area contributed by atoms with Crippen molar-refractivity contribution in [1.82, 2.24) is 20.4 Å². The maximum absolute atomic E-state index is 11.8. The van der Waals surface area contributed by atoms with Gasteiger partial charge in [-0.15, -0.1) is 0 Å². The number of nitrogens with zero attached hydrogens (tertiary/aromatic N) is 3. The topological polar surface area (TPSA) is 84.5 Å². The Balaban J connectivity index is 1.58. The molecule has 0 aliphatic carbocycles. The number of hydrogen-bond acceptors (Lipinski definition) is 4. The predicted octanol–water partition coefficient (Wildman–Crippen LogP) is 3.26. The van der Waals surface area contributed by atoms with Crippen LogP contribution in [-0.2, 0) is 19.6 Å². The zero-order valence-electron chi connectivity index (χ0n) is 17.8. The van der Waals surface area contributed by atoms with E-state index < -0.39 is 0 Å². The number of benzene rings is 1. The van der Waals surface area contributed by atoms with Gasteiger partial charge in [-0.05, 0) is 30.0 Å². The average Bonchev–Trinajstić information content (AvgIpc) is 3.22. The molecule has 7 nitrogen and oxygen atoms in total. The number of rotatable bonds is 8. The predicted molar refractivity (Wildman–Crippen MR) is 118 cm³/mol. The molecule has 0 aliphatic heterocycles. The van der Waals surface area contributed by atoms with Crippen LogP contribution in [0.25, 0.3) is 0 Å². The van der Waals surface area contributed by atoms with Gasteiger partial charge in [0.05, 0.1) is 25.3 Å². The van der Waals surface area contributed by atoms with Crippen LogP contribution >= 0.6 is 0 Å². The van der Waals surface area contributed by atoms with E-state index in [4.69, 9.17) is 4.52 Å². The van der Waals surface area contributed by atoms with Crippen molar-refractivity contribution in [2.75, 3.05) is 6.54 Å². The van der Waals surface area contributed by atoms with Gasteiger partial charge >= 0.3 is 0 Å². The van der Waals surface area contributed by atoms with E-state index in [1.807, 2.05) is 43.3 Å². The molecule has 0 aliphatic rings.